The van der Waals surface area contributed by atoms with Crippen LogP contribution in [0, 0.1) is 0 Å². The summed E-state index contributed by atoms with van der Waals surface area (Å²) in [6.45, 7) is 1.76. The molecule has 1 atom stereocenters. The highest BCUT2D eigenvalue weighted by molar-refractivity contribution is 5.79. The van der Waals surface area contributed by atoms with Crippen molar-refractivity contribution in [2.45, 2.75) is 18.9 Å². The maximum Gasteiger partial charge on any atom is 0.408 e. The summed E-state index contributed by atoms with van der Waals surface area (Å²) in [5.74, 6) is -0.974. The molecule has 1 amide bonds. The molecule has 2 aromatic rings. The number of amides is 1. The third-order valence-electron chi connectivity index (χ3n) is 4.36. The second kappa shape index (κ2) is 7.36. The Bertz CT molecular complexity index is 745. The lowest BCUT2D eigenvalue weighted by molar-refractivity contribution is -0.139. The van der Waals surface area contributed by atoms with Gasteiger partial charge in [0.1, 0.15) is 12.6 Å². The Kier molecular flexibility index (Phi) is 5.00. The average molecular weight is 340 g/mol. The van der Waals surface area contributed by atoms with E-state index in [1.165, 1.54) is 18.1 Å². The van der Waals surface area contributed by atoms with Gasteiger partial charge in [0.15, 0.2) is 0 Å². The summed E-state index contributed by atoms with van der Waals surface area (Å²) >= 11 is 0. The Morgan fingerprint density at radius 1 is 1.08 bits per heavy atom. The molecule has 0 aromatic heterocycles. The van der Waals surface area contributed by atoms with E-state index in [0.29, 0.717) is 0 Å². The summed E-state index contributed by atoms with van der Waals surface area (Å²) in [4.78, 5) is 22.6. The van der Waals surface area contributed by atoms with Crippen LogP contribution in [0.4, 0.5) is 4.79 Å². The van der Waals surface area contributed by atoms with Crippen LogP contribution in [0.25, 0.3) is 11.1 Å². The van der Waals surface area contributed by atoms with Gasteiger partial charge in [0.05, 0.1) is 6.67 Å². The van der Waals surface area contributed by atoms with Crippen molar-refractivity contribution in [1.29, 1.82) is 0 Å². The molecule has 0 radical (unpaired) electrons. The molecule has 6 heteroatoms. The number of rotatable bonds is 6. The van der Waals surface area contributed by atoms with Gasteiger partial charge in [-0.25, -0.2) is 4.79 Å². The van der Waals surface area contributed by atoms with Crippen molar-refractivity contribution in [3.63, 3.8) is 0 Å². The molecule has 6 nitrogen and oxygen atoms in total. The monoisotopic (exact) mass is 340 g/mol. The first-order valence-corrected chi connectivity index (χ1v) is 8.13. The van der Waals surface area contributed by atoms with Crippen molar-refractivity contribution in [2.24, 2.45) is 0 Å². The Morgan fingerprint density at radius 2 is 1.64 bits per heavy atom. The maximum atomic E-state index is 11.9. The SMILES string of the molecule is C[C@H](NCNC(=O)OCC1c2ccccc2-c2ccccc21)C(=O)O. The van der Waals surface area contributed by atoms with Gasteiger partial charge in [0.2, 0.25) is 0 Å². The fourth-order valence-corrected chi connectivity index (χ4v) is 3.01. The number of ether oxygens (including phenoxy) is 1. The highest BCUT2D eigenvalue weighted by Gasteiger charge is 2.28. The van der Waals surface area contributed by atoms with Crippen molar-refractivity contribution in [1.82, 2.24) is 10.6 Å². The number of aliphatic carboxylic acids is 1. The first kappa shape index (κ1) is 17.0. The molecular weight excluding hydrogens is 320 g/mol. The molecule has 3 N–H and O–H groups in total. The number of carbonyl (C=O) groups is 2. The zero-order chi connectivity index (χ0) is 17.8. The van der Waals surface area contributed by atoms with Gasteiger partial charge < -0.3 is 15.2 Å². The number of hydrogen-bond donors (Lipinski definition) is 3. The van der Waals surface area contributed by atoms with Crippen molar-refractivity contribution < 1.29 is 19.4 Å². The summed E-state index contributed by atoms with van der Waals surface area (Å²) in [5.41, 5.74) is 4.64. The lowest BCUT2D eigenvalue weighted by Gasteiger charge is -2.15. The van der Waals surface area contributed by atoms with Crippen LogP contribution in [0.2, 0.25) is 0 Å². The van der Waals surface area contributed by atoms with Crippen molar-refractivity contribution in [2.75, 3.05) is 13.3 Å². The zero-order valence-corrected chi connectivity index (χ0v) is 13.9. The summed E-state index contributed by atoms with van der Waals surface area (Å²) in [7, 11) is 0. The molecule has 0 spiro atoms. The second-order valence-corrected chi connectivity index (χ2v) is 5.94. The highest BCUT2D eigenvalue weighted by Crippen LogP contribution is 2.44. The molecule has 2 aromatic carbocycles. The van der Waals surface area contributed by atoms with Crippen molar-refractivity contribution >= 4 is 12.1 Å². The maximum absolute atomic E-state index is 11.9. The van der Waals surface area contributed by atoms with Gasteiger partial charge in [0, 0.05) is 5.92 Å². The number of carboxylic acids is 1. The molecule has 0 unspecified atom stereocenters. The minimum absolute atomic E-state index is 0.00375. The summed E-state index contributed by atoms with van der Waals surface area (Å²) < 4.78 is 5.34. The van der Waals surface area contributed by atoms with Crippen LogP contribution >= 0.6 is 0 Å². The van der Waals surface area contributed by atoms with Crippen LogP contribution in [0.5, 0.6) is 0 Å². The number of benzene rings is 2. The molecule has 0 fully saturated rings. The standard InChI is InChI=1S/C19H20N2O4/c1-12(18(22)23)20-11-21-19(24)25-10-17-15-8-4-2-6-13(15)14-7-3-5-9-16(14)17/h2-9,12,17,20H,10-11H2,1H3,(H,21,24)(H,22,23)/t12-/m0/s1. The van der Waals surface area contributed by atoms with Gasteiger partial charge in [-0.1, -0.05) is 48.5 Å². The second-order valence-electron chi connectivity index (χ2n) is 5.94. The Balaban J connectivity index is 1.60. The van der Waals surface area contributed by atoms with Crippen LogP contribution in [-0.2, 0) is 9.53 Å². The Hall–Kier alpha value is -2.86. The number of carbonyl (C=O) groups excluding carboxylic acids is 1. The molecule has 0 bridgehead atoms. The number of nitrogens with one attached hydrogen (secondary N) is 2. The first-order chi connectivity index (χ1) is 12.1. The van der Waals surface area contributed by atoms with Gasteiger partial charge in [-0.05, 0) is 29.2 Å². The molecule has 0 aliphatic heterocycles. The van der Waals surface area contributed by atoms with E-state index < -0.39 is 18.1 Å². The molecule has 25 heavy (non-hydrogen) atoms. The molecule has 1 aliphatic rings. The molecule has 3 rings (SSSR count). The number of fused-ring (bicyclic) bond motifs is 3. The van der Waals surface area contributed by atoms with Crippen LogP contribution in [0.1, 0.15) is 24.0 Å². The van der Waals surface area contributed by atoms with E-state index in [1.807, 2.05) is 24.3 Å². The molecule has 0 heterocycles. The van der Waals surface area contributed by atoms with E-state index in [4.69, 9.17) is 9.84 Å². The number of alkyl carbamates (subject to hydrolysis) is 1. The topological polar surface area (TPSA) is 87.7 Å². The minimum Gasteiger partial charge on any atom is -0.480 e. The van der Waals surface area contributed by atoms with Crippen molar-refractivity contribution in [3.8, 4) is 11.1 Å². The highest BCUT2D eigenvalue weighted by atomic mass is 16.5. The first-order valence-electron chi connectivity index (χ1n) is 8.13. The van der Waals surface area contributed by atoms with E-state index >= 15 is 0 Å². The van der Waals surface area contributed by atoms with Crippen LogP contribution < -0.4 is 10.6 Å². The predicted molar refractivity (Wildman–Crippen MR) is 93.3 cm³/mol. The van der Waals surface area contributed by atoms with Crippen molar-refractivity contribution in [3.05, 3.63) is 59.7 Å². The van der Waals surface area contributed by atoms with Gasteiger partial charge in [0.25, 0.3) is 0 Å². The van der Waals surface area contributed by atoms with E-state index in [-0.39, 0.29) is 19.2 Å². The lowest BCUT2D eigenvalue weighted by atomic mass is 9.98. The Morgan fingerprint density at radius 3 is 2.20 bits per heavy atom. The third-order valence-corrected chi connectivity index (χ3v) is 4.36. The largest absolute Gasteiger partial charge is 0.480 e. The quantitative estimate of drug-likeness (QED) is 0.704. The van der Waals surface area contributed by atoms with E-state index in [0.717, 1.165) is 11.1 Å². The molecule has 130 valence electrons. The van der Waals surface area contributed by atoms with Gasteiger partial charge in [-0.2, -0.15) is 0 Å². The van der Waals surface area contributed by atoms with Crippen LogP contribution in [0.3, 0.4) is 0 Å². The smallest absolute Gasteiger partial charge is 0.408 e. The van der Waals surface area contributed by atoms with E-state index in [2.05, 4.69) is 34.9 Å². The molecule has 0 saturated carbocycles. The van der Waals surface area contributed by atoms with Gasteiger partial charge in [-0.3, -0.25) is 10.1 Å². The van der Waals surface area contributed by atoms with Crippen LogP contribution in [0.15, 0.2) is 48.5 Å². The summed E-state index contributed by atoms with van der Waals surface area (Å²) in [6, 6.07) is 15.5. The van der Waals surface area contributed by atoms with Gasteiger partial charge >= 0.3 is 12.1 Å². The Labute approximate surface area is 145 Å². The fourth-order valence-electron chi connectivity index (χ4n) is 3.01. The summed E-state index contributed by atoms with van der Waals surface area (Å²) in [5, 5.41) is 13.9. The fraction of sp³-hybridized carbons (Fsp3) is 0.263. The normalized spacial score (nSPS) is 13.6. The number of carboxylic acid groups (broad SMARTS) is 1. The third kappa shape index (κ3) is 3.64. The molecule has 0 saturated heterocycles. The molecule has 1 aliphatic carbocycles. The average Bonchev–Trinajstić information content (AvgIpc) is 2.94. The zero-order valence-electron chi connectivity index (χ0n) is 13.9. The van der Waals surface area contributed by atoms with E-state index in [1.54, 1.807) is 0 Å². The number of hydrogen-bond acceptors (Lipinski definition) is 4. The van der Waals surface area contributed by atoms with E-state index in [9.17, 15) is 9.59 Å². The molecular formula is C19H20N2O4. The predicted octanol–water partition coefficient (Wildman–Crippen LogP) is 2.55. The van der Waals surface area contributed by atoms with Gasteiger partial charge in [-0.15, -0.1) is 0 Å². The lowest BCUT2D eigenvalue weighted by Crippen LogP contribution is -2.42. The summed E-state index contributed by atoms with van der Waals surface area (Å²) in [6.07, 6.45) is -0.577. The van der Waals surface area contributed by atoms with Crippen LogP contribution in [-0.4, -0.2) is 36.5 Å². The minimum atomic E-state index is -0.977.